The predicted octanol–water partition coefficient (Wildman–Crippen LogP) is 0.876. The van der Waals surface area contributed by atoms with Crippen molar-refractivity contribution in [2.75, 3.05) is 19.5 Å². The molecule has 22 heavy (non-hydrogen) atoms. The zero-order valence-corrected chi connectivity index (χ0v) is 12.2. The molecule has 2 aromatic rings. The predicted molar refractivity (Wildman–Crippen MR) is 77.8 cm³/mol. The molecule has 2 N–H and O–H groups in total. The number of anilines is 1. The normalized spacial score (nSPS) is 19.5. The zero-order chi connectivity index (χ0) is 15.7. The van der Waals surface area contributed by atoms with Gasteiger partial charge >= 0.3 is 6.01 Å². The van der Waals surface area contributed by atoms with E-state index in [2.05, 4.69) is 15.3 Å². The Hall–Kier alpha value is -2.67. The number of carbonyl (C=O) groups is 1. The van der Waals surface area contributed by atoms with Crippen LogP contribution in [0.3, 0.4) is 0 Å². The first kappa shape index (κ1) is 14.3. The number of aromatic nitrogens is 2. The van der Waals surface area contributed by atoms with Gasteiger partial charge in [-0.15, -0.1) is 0 Å². The van der Waals surface area contributed by atoms with Gasteiger partial charge in [0.2, 0.25) is 5.88 Å². The molecule has 0 fully saturated rings. The van der Waals surface area contributed by atoms with Gasteiger partial charge in [-0.3, -0.25) is 4.79 Å². The number of hydrogen-bond acceptors (Lipinski definition) is 6. The van der Waals surface area contributed by atoms with Crippen LogP contribution in [0.25, 0.3) is 0 Å². The highest BCUT2D eigenvalue weighted by atomic mass is 16.5. The highest BCUT2D eigenvalue weighted by Gasteiger charge is 2.49. The molecule has 7 nitrogen and oxygen atoms in total. The fourth-order valence-corrected chi connectivity index (χ4v) is 2.45. The smallest absolute Gasteiger partial charge is 0.319 e. The Morgan fingerprint density at radius 1 is 1.18 bits per heavy atom. The van der Waals surface area contributed by atoms with Crippen LogP contribution in [0.5, 0.6) is 11.9 Å². The van der Waals surface area contributed by atoms with Crippen molar-refractivity contribution in [2.45, 2.75) is 12.0 Å². The van der Waals surface area contributed by atoms with Gasteiger partial charge in [-0.2, -0.15) is 9.97 Å². The molecule has 0 bridgehead atoms. The fourth-order valence-electron chi connectivity index (χ4n) is 2.45. The largest absolute Gasteiger partial charge is 0.479 e. The van der Waals surface area contributed by atoms with Gasteiger partial charge in [0.25, 0.3) is 5.91 Å². The molecule has 0 radical (unpaired) electrons. The molecule has 1 unspecified atom stereocenters. The number of nitrogens with one attached hydrogen (secondary N) is 1. The third kappa shape index (κ3) is 2.15. The van der Waals surface area contributed by atoms with Gasteiger partial charge in [-0.05, 0) is 5.56 Å². The van der Waals surface area contributed by atoms with Crippen molar-refractivity contribution in [1.29, 1.82) is 0 Å². The first-order chi connectivity index (χ1) is 10.6. The standard InChI is InChI=1S/C15H15N3O4/c1-21-12-10-11(17-14(18-12)22-2)15(20,13(19)16-10)8-9-6-4-3-5-7-9/h3-7,20H,8H2,1-2H3,(H,16,19). The minimum Gasteiger partial charge on any atom is -0.479 e. The lowest BCUT2D eigenvalue weighted by Crippen LogP contribution is -2.37. The number of benzene rings is 1. The molecule has 114 valence electrons. The Bertz CT molecular complexity index is 720. The first-order valence-corrected chi connectivity index (χ1v) is 6.66. The van der Waals surface area contributed by atoms with Crippen molar-refractivity contribution in [3.63, 3.8) is 0 Å². The maximum Gasteiger partial charge on any atom is 0.319 e. The monoisotopic (exact) mass is 301 g/mol. The lowest BCUT2D eigenvalue weighted by Gasteiger charge is -2.20. The van der Waals surface area contributed by atoms with E-state index in [0.29, 0.717) is 0 Å². The summed E-state index contributed by atoms with van der Waals surface area (Å²) < 4.78 is 10.1. The summed E-state index contributed by atoms with van der Waals surface area (Å²) >= 11 is 0. The second-order valence-electron chi connectivity index (χ2n) is 4.92. The molecule has 2 heterocycles. The van der Waals surface area contributed by atoms with Crippen molar-refractivity contribution in [2.24, 2.45) is 0 Å². The summed E-state index contributed by atoms with van der Waals surface area (Å²) in [5.74, 6) is -0.411. The molecule has 3 rings (SSSR count). The van der Waals surface area contributed by atoms with Gasteiger partial charge in [0.15, 0.2) is 5.60 Å². The number of nitrogens with zero attached hydrogens (tertiary/aromatic N) is 2. The van der Waals surface area contributed by atoms with Crippen LogP contribution < -0.4 is 14.8 Å². The van der Waals surface area contributed by atoms with Gasteiger partial charge < -0.3 is 19.9 Å². The van der Waals surface area contributed by atoms with Crippen molar-refractivity contribution in [1.82, 2.24) is 9.97 Å². The van der Waals surface area contributed by atoms with E-state index in [4.69, 9.17) is 9.47 Å². The average Bonchev–Trinajstić information content (AvgIpc) is 2.79. The Balaban J connectivity index is 2.10. The van der Waals surface area contributed by atoms with Crippen molar-refractivity contribution in [3.8, 4) is 11.9 Å². The third-order valence-corrected chi connectivity index (χ3v) is 3.54. The van der Waals surface area contributed by atoms with E-state index in [-0.39, 0.29) is 29.7 Å². The molecule has 1 atom stereocenters. The summed E-state index contributed by atoms with van der Waals surface area (Å²) in [6, 6.07) is 9.24. The Morgan fingerprint density at radius 3 is 2.55 bits per heavy atom. The maximum absolute atomic E-state index is 12.3. The molecule has 0 saturated carbocycles. The Labute approximate surface area is 126 Å². The van der Waals surface area contributed by atoms with E-state index >= 15 is 0 Å². The number of aliphatic hydroxyl groups is 1. The summed E-state index contributed by atoms with van der Waals surface area (Å²) in [5.41, 5.74) is -0.554. The summed E-state index contributed by atoms with van der Waals surface area (Å²) in [4.78, 5) is 20.4. The minimum atomic E-state index is -1.79. The third-order valence-electron chi connectivity index (χ3n) is 3.54. The summed E-state index contributed by atoms with van der Waals surface area (Å²) in [5, 5.41) is 13.5. The quantitative estimate of drug-likeness (QED) is 0.870. The molecule has 1 aromatic carbocycles. The zero-order valence-electron chi connectivity index (χ0n) is 12.2. The number of methoxy groups -OCH3 is 2. The van der Waals surface area contributed by atoms with Crippen LogP contribution >= 0.6 is 0 Å². The van der Waals surface area contributed by atoms with Crippen LogP contribution in [-0.4, -0.2) is 35.2 Å². The van der Waals surface area contributed by atoms with Gasteiger partial charge in [0.05, 0.1) is 14.2 Å². The van der Waals surface area contributed by atoms with E-state index < -0.39 is 11.5 Å². The van der Waals surface area contributed by atoms with Crippen molar-refractivity contribution >= 4 is 11.6 Å². The minimum absolute atomic E-state index is 0.0265. The molecular weight excluding hydrogens is 286 g/mol. The number of hydrogen-bond donors (Lipinski definition) is 2. The number of rotatable bonds is 4. The number of ether oxygens (including phenoxy) is 2. The summed E-state index contributed by atoms with van der Waals surface area (Å²) in [6.07, 6.45) is 0.0932. The lowest BCUT2D eigenvalue weighted by molar-refractivity contribution is -0.133. The van der Waals surface area contributed by atoms with Gasteiger partial charge in [-0.1, -0.05) is 30.3 Å². The molecule has 0 spiro atoms. The van der Waals surface area contributed by atoms with Crippen LogP contribution in [0, 0.1) is 0 Å². The number of carbonyl (C=O) groups excluding carboxylic acids is 1. The van der Waals surface area contributed by atoms with Gasteiger partial charge in [-0.25, -0.2) is 0 Å². The van der Waals surface area contributed by atoms with Crippen molar-refractivity contribution in [3.05, 3.63) is 41.6 Å². The Kier molecular flexibility index (Phi) is 3.42. The average molecular weight is 301 g/mol. The maximum atomic E-state index is 12.3. The molecule has 0 aliphatic carbocycles. The molecule has 1 aliphatic rings. The van der Waals surface area contributed by atoms with Crippen LogP contribution in [0.2, 0.25) is 0 Å². The van der Waals surface area contributed by atoms with E-state index in [9.17, 15) is 9.90 Å². The van der Waals surface area contributed by atoms with Crippen LogP contribution in [0.15, 0.2) is 30.3 Å². The van der Waals surface area contributed by atoms with Gasteiger partial charge in [0, 0.05) is 6.42 Å². The SMILES string of the molecule is COc1nc(OC)c2c(n1)C(O)(Cc1ccccc1)C(=O)N2. The molecule has 7 heteroatoms. The van der Waals surface area contributed by atoms with E-state index in [1.54, 1.807) is 0 Å². The Morgan fingerprint density at radius 2 is 1.91 bits per heavy atom. The highest BCUT2D eigenvalue weighted by molar-refractivity contribution is 6.05. The molecule has 1 aliphatic heterocycles. The first-order valence-electron chi connectivity index (χ1n) is 6.66. The van der Waals surface area contributed by atoms with Crippen LogP contribution in [0.1, 0.15) is 11.3 Å². The second kappa shape index (κ2) is 5.27. The fraction of sp³-hybridized carbons (Fsp3) is 0.267. The highest BCUT2D eigenvalue weighted by Crippen LogP contribution is 2.42. The second-order valence-corrected chi connectivity index (χ2v) is 4.92. The number of amides is 1. The molecular formula is C15H15N3O4. The summed E-state index contributed by atoms with van der Waals surface area (Å²) in [6.45, 7) is 0. The van der Waals surface area contributed by atoms with E-state index in [1.807, 2.05) is 30.3 Å². The lowest BCUT2D eigenvalue weighted by atomic mass is 9.92. The van der Waals surface area contributed by atoms with Crippen molar-refractivity contribution < 1.29 is 19.4 Å². The van der Waals surface area contributed by atoms with E-state index in [1.165, 1.54) is 14.2 Å². The van der Waals surface area contributed by atoms with Crippen LogP contribution in [-0.2, 0) is 16.8 Å². The topological polar surface area (TPSA) is 93.6 Å². The molecule has 1 aromatic heterocycles. The molecule has 1 amide bonds. The van der Waals surface area contributed by atoms with Gasteiger partial charge in [0.1, 0.15) is 11.4 Å². The van der Waals surface area contributed by atoms with E-state index in [0.717, 1.165) is 5.56 Å². The number of fused-ring (bicyclic) bond motifs is 1. The van der Waals surface area contributed by atoms with Crippen LogP contribution in [0.4, 0.5) is 5.69 Å². The molecule has 0 saturated heterocycles. The summed E-state index contributed by atoms with van der Waals surface area (Å²) in [7, 11) is 2.82.